The first-order valence-electron chi connectivity index (χ1n) is 13.5. The van der Waals surface area contributed by atoms with Gasteiger partial charge in [0.2, 0.25) is 0 Å². The standard InChI is InChI=1S/C29H34O14/c1-11-21(32)24(35)26(37)29(40-11)43-28-25(36)22(33)18(10-30)42-27(28)20-16(39-3)9-17-19(23(20)34)14(31)8-15(41-17)12-4-6-13(38-2)7-5-12/h4-9,11,18,21-22,24-30,32-37H,10H2,1-3H3/t11-,18-,21-,22-,24+,25+,26+,27?,28-,29?/m1/s1. The summed E-state index contributed by atoms with van der Waals surface area (Å²) in [6.07, 6.45) is -15.5. The zero-order valence-electron chi connectivity index (χ0n) is 23.4. The second kappa shape index (κ2) is 12.4. The number of fused-ring (bicyclic) bond motifs is 1. The number of ether oxygens (including phenoxy) is 5. The van der Waals surface area contributed by atoms with Crippen molar-refractivity contribution in [1.29, 1.82) is 0 Å². The molecule has 5 rings (SSSR count). The molecule has 43 heavy (non-hydrogen) atoms. The SMILES string of the molecule is COc1ccc(-c2cc(=O)c3c(O)c(C4O[C@H](CO)[C@@H](O)[C@H](O)[C@H]4OC4O[C@H](C)[C@@H](O)[C@H](O)[C@@H]4O)c(OC)cc3o2)cc1. The molecule has 0 radical (unpaired) electrons. The van der Waals surface area contributed by atoms with E-state index in [1.807, 2.05) is 0 Å². The van der Waals surface area contributed by atoms with Gasteiger partial charge in [0.05, 0.1) is 32.5 Å². The van der Waals surface area contributed by atoms with Gasteiger partial charge >= 0.3 is 0 Å². The topological polar surface area (TPSA) is 218 Å². The van der Waals surface area contributed by atoms with E-state index in [1.54, 1.807) is 24.3 Å². The average Bonchev–Trinajstić information content (AvgIpc) is 3.00. The Bertz CT molecular complexity index is 1490. The largest absolute Gasteiger partial charge is 0.506 e. The number of aromatic hydroxyl groups is 1. The van der Waals surface area contributed by atoms with Gasteiger partial charge in [-0.3, -0.25) is 4.79 Å². The van der Waals surface area contributed by atoms with Crippen molar-refractivity contribution in [3.8, 4) is 28.6 Å². The molecule has 234 valence electrons. The average molecular weight is 607 g/mol. The molecule has 0 saturated carbocycles. The van der Waals surface area contributed by atoms with Crippen LogP contribution in [0.5, 0.6) is 17.2 Å². The molecular formula is C29H34O14. The molecule has 14 nitrogen and oxygen atoms in total. The molecule has 2 saturated heterocycles. The van der Waals surface area contributed by atoms with Crippen LogP contribution in [0.4, 0.5) is 0 Å². The second-order valence-electron chi connectivity index (χ2n) is 10.5. The van der Waals surface area contributed by atoms with Crippen molar-refractivity contribution >= 4 is 11.0 Å². The Balaban J connectivity index is 1.60. The van der Waals surface area contributed by atoms with E-state index in [0.29, 0.717) is 11.3 Å². The molecule has 2 aromatic carbocycles. The van der Waals surface area contributed by atoms with Gasteiger partial charge < -0.3 is 63.8 Å². The van der Waals surface area contributed by atoms with Crippen molar-refractivity contribution < 1.29 is 63.8 Å². The summed E-state index contributed by atoms with van der Waals surface area (Å²) < 4.78 is 33.8. The maximum atomic E-state index is 13.3. The summed E-state index contributed by atoms with van der Waals surface area (Å²) in [5, 5.41) is 73.6. The van der Waals surface area contributed by atoms with Crippen LogP contribution in [0.2, 0.25) is 0 Å². The van der Waals surface area contributed by atoms with Gasteiger partial charge in [-0.15, -0.1) is 0 Å². The highest BCUT2D eigenvalue weighted by Gasteiger charge is 2.51. The Hall–Kier alpha value is -3.31. The van der Waals surface area contributed by atoms with Gasteiger partial charge in [0.25, 0.3) is 0 Å². The van der Waals surface area contributed by atoms with Crippen molar-refractivity contribution in [2.24, 2.45) is 0 Å². The fraction of sp³-hybridized carbons (Fsp3) is 0.483. The van der Waals surface area contributed by atoms with E-state index in [4.69, 9.17) is 28.1 Å². The Morgan fingerprint density at radius 3 is 2.19 bits per heavy atom. The molecule has 0 spiro atoms. The van der Waals surface area contributed by atoms with Crippen LogP contribution in [0.3, 0.4) is 0 Å². The first kappa shape index (κ1) is 31.1. The second-order valence-corrected chi connectivity index (χ2v) is 10.5. The summed E-state index contributed by atoms with van der Waals surface area (Å²) in [5.41, 5.74) is -0.298. The molecule has 3 heterocycles. The Morgan fingerprint density at radius 2 is 1.56 bits per heavy atom. The number of hydrogen-bond donors (Lipinski definition) is 7. The van der Waals surface area contributed by atoms with Crippen molar-refractivity contribution in [3.63, 3.8) is 0 Å². The molecule has 2 unspecified atom stereocenters. The first-order valence-corrected chi connectivity index (χ1v) is 13.5. The maximum absolute atomic E-state index is 13.3. The number of methoxy groups -OCH3 is 2. The molecule has 14 heteroatoms. The van der Waals surface area contributed by atoms with E-state index in [0.717, 1.165) is 0 Å². The number of phenols is 1. The minimum Gasteiger partial charge on any atom is -0.506 e. The van der Waals surface area contributed by atoms with Gasteiger partial charge in [0.15, 0.2) is 11.7 Å². The summed E-state index contributed by atoms with van der Waals surface area (Å²) >= 11 is 0. The molecule has 0 aliphatic carbocycles. The summed E-state index contributed by atoms with van der Waals surface area (Å²) in [6.45, 7) is 0.686. The van der Waals surface area contributed by atoms with Crippen molar-refractivity contribution in [2.45, 2.75) is 68.1 Å². The van der Waals surface area contributed by atoms with E-state index < -0.39 is 79.0 Å². The van der Waals surface area contributed by atoms with Crippen molar-refractivity contribution in [1.82, 2.24) is 0 Å². The Kier molecular flexibility index (Phi) is 8.94. The van der Waals surface area contributed by atoms with E-state index in [-0.39, 0.29) is 28.0 Å². The van der Waals surface area contributed by atoms with Gasteiger partial charge in [0, 0.05) is 17.7 Å². The third-order valence-corrected chi connectivity index (χ3v) is 7.84. The van der Waals surface area contributed by atoms with Crippen LogP contribution in [-0.2, 0) is 14.2 Å². The lowest BCUT2D eigenvalue weighted by atomic mass is 9.89. The van der Waals surface area contributed by atoms with Crippen LogP contribution in [-0.4, -0.2) is 112 Å². The number of hydrogen-bond acceptors (Lipinski definition) is 14. The van der Waals surface area contributed by atoms with Crippen LogP contribution >= 0.6 is 0 Å². The number of aliphatic hydroxyl groups is 6. The monoisotopic (exact) mass is 606 g/mol. The molecule has 3 aromatic rings. The molecule has 0 bridgehead atoms. The molecule has 2 aliphatic heterocycles. The third-order valence-electron chi connectivity index (χ3n) is 7.84. The van der Waals surface area contributed by atoms with Crippen molar-refractivity contribution in [3.05, 3.63) is 52.2 Å². The lowest BCUT2D eigenvalue weighted by molar-refractivity contribution is -0.338. The number of phenolic OH excluding ortho intramolecular Hbond substituents is 1. The first-order chi connectivity index (χ1) is 20.5. The fourth-order valence-electron chi connectivity index (χ4n) is 5.39. The zero-order chi connectivity index (χ0) is 31.2. The predicted octanol–water partition coefficient (Wildman–Crippen LogP) is -0.451. The van der Waals surface area contributed by atoms with Crippen LogP contribution in [0.25, 0.3) is 22.3 Å². The lowest BCUT2D eigenvalue weighted by Gasteiger charge is -2.46. The van der Waals surface area contributed by atoms with Crippen LogP contribution in [0, 0.1) is 0 Å². The maximum Gasteiger partial charge on any atom is 0.197 e. The normalized spacial score (nSPS) is 33.0. The highest BCUT2D eigenvalue weighted by Crippen LogP contribution is 2.46. The van der Waals surface area contributed by atoms with Crippen LogP contribution in [0.15, 0.2) is 45.6 Å². The van der Waals surface area contributed by atoms with Crippen LogP contribution in [0.1, 0.15) is 18.6 Å². The molecule has 2 aliphatic rings. The number of benzene rings is 2. The van der Waals surface area contributed by atoms with Gasteiger partial charge in [-0.1, -0.05) is 0 Å². The van der Waals surface area contributed by atoms with E-state index in [2.05, 4.69) is 0 Å². The zero-order valence-corrected chi connectivity index (χ0v) is 23.4. The van der Waals surface area contributed by atoms with Gasteiger partial charge in [-0.05, 0) is 31.2 Å². The number of aliphatic hydroxyl groups excluding tert-OH is 6. The van der Waals surface area contributed by atoms with Crippen LogP contribution < -0.4 is 14.9 Å². The van der Waals surface area contributed by atoms with E-state index in [9.17, 15) is 40.5 Å². The highest BCUT2D eigenvalue weighted by molar-refractivity contribution is 5.88. The van der Waals surface area contributed by atoms with E-state index >= 15 is 0 Å². The Labute approximate surface area is 244 Å². The lowest BCUT2D eigenvalue weighted by Crippen LogP contribution is -2.61. The third kappa shape index (κ3) is 5.57. The van der Waals surface area contributed by atoms with Gasteiger partial charge in [-0.2, -0.15) is 0 Å². The number of rotatable bonds is 7. The molecule has 10 atom stereocenters. The fourth-order valence-corrected chi connectivity index (χ4v) is 5.39. The van der Waals surface area contributed by atoms with Gasteiger partial charge in [0.1, 0.15) is 82.8 Å². The predicted molar refractivity (Wildman–Crippen MR) is 147 cm³/mol. The van der Waals surface area contributed by atoms with E-state index in [1.165, 1.54) is 33.3 Å². The molecule has 2 fully saturated rings. The summed E-state index contributed by atoms with van der Waals surface area (Å²) in [4.78, 5) is 13.3. The summed E-state index contributed by atoms with van der Waals surface area (Å²) in [7, 11) is 2.79. The summed E-state index contributed by atoms with van der Waals surface area (Å²) in [6, 6.07) is 9.26. The Morgan fingerprint density at radius 1 is 0.860 bits per heavy atom. The minimum absolute atomic E-state index is 0.0408. The molecule has 7 N–H and O–H groups in total. The van der Waals surface area contributed by atoms with Gasteiger partial charge in [-0.25, -0.2) is 0 Å². The molecule has 0 amide bonds. The van der Waals surface area contributed by atoms with Crippen molar-refractivity contribution in [2.75, 3.05) is 20.8 Å². The minimum atomic E-state index is -1.79. The molecular weight excluding hydrogens is 572 g/mol. The quantitative estimate of drug-likeness (QED) is 0.181. The molecule has 1 aromatic heterocycles. The smallest absolute Gasteiger partial charge is 0.197 e. The summed E-state index contributed by atoms with van der Waals surface area (Å²) in [5.74, 6) is 0.0894. The highest BCUT2D eigenvalue weighted by atomic mass is 16.7.